The third-order valence-electron chi connectivity index (χ3n) is 3.29. The molecule has 0 aromatic heterocycles. The predicted molar refractivity (Wildman–Crippen MR) is 55.1 cm³/mol. The van der Waals surface area contributed by atoms with Crippen molar-refractivity contribution in [2.45, 2.75) is 31.4 Å². The second-order valence-electron chi connectivity index (χ2n) is 4.52. The molecule has 0 amide bonds. The molecular formula is C12H14FNO. The molecule has 15 heavy (non-hydrogen) atoms. The molecule has 2 nitrogen and oxygen atoms in total. The number of rotatable bonds is 1. The van der Waals surface area contributed by atoms with E-state index in [0.717, 1.165) is 12.0 Å². The van der Waals surface area contributed by atoms with Crippen LogP contribution in [-0.4, -0.2) is 6.10 Å². The van der Waals surface area contributed by atoms with Crippen LogP contribution in [0.5, 0.6) is 5.75 Å². The van der Waals surface area contributed by atoms with E-state index in [1.54, 1.807) is 6.07 Å². The summed E-state index contributed by atoms with van der Waals surface area (Å²) in [5, 5.41) is 0. The molecule has 1 aromatic rings. The Morgan fingerprint density at radius 3 is 2.87 bits per heavy atom. The lowest BCUT2D eigenvalue weighted by Crippen LogP contribution is -2.31. The van der Waals surface area contributed by atoms with Crippen LogP contribution in [0.3, 0.4) is 0 Å². The van der Waals surface area contributed by atoms with Crippen LogP contribution in [0, 0.1) is 11.7 Å². The molecule has 0 bridgehead atoms. The number of ether oxygens (including phenoxy) is 1. The molecule has 2 atom stereocenters. The minimum Gasteiger partial charge on any atom is -0.490 e. The van der Waals surface area contributed by atoms with Crippen LogP contribution in [0.25, 0.3) is 0 Å². The highest BCUT2D eigenvalue weighted by molar-refractivity contribution is 5.38. The molecule has 1 aliphatic heterocycles. The lowest BCUT2D eigenvalue weighted by atomic mass is 9.95. The zero-order chi connectivity index (χ0) is 10.4. The number of fused-ring (bicyclic) bond motifs is 1. The SMILES string of the molecule is N[C@H]1CC(C2CC2)Oc2cc(F)ccc21. The van der Waals surface area contributed by atoms with Crippen LogP contribution in [0.15, 0.2) is 18.2 Å². The summed E-state index contributed by atoms with van der Waals surface area (Å²) in [6.45, 7) is 0. The van der Waals surface area contributed by atoms with Crippen molar-refractivity contribution in [1.82, 2.24) is 0 Å². The molecule has 1 unspecified atom stereocenters. The van der Waals surface area contributed by atoms with Crippen molar-refractivity contribution < 1.29 is 9.13 Å². The van der Waals surface area contributed by atoms with Crippen LogP contribution >= 0.6 is 0 Å². The summed E-state index contributed by atoms with van der Waals surface area (Å²) in [5.41, 5.74) is 6.99. The molecular weight excluding hydrogens is 193 g/mol. The topological polar surface area (TPSA) is 35.2 Å². The van der Waals surface area contributed by atoms with E-state index < -0.39 is 0 Å². The van der Waals surface area contributed by atoms with Gasteiger partial charge in [-0.3, -0.25) is 0 Å². The van der Waals surface area contributed by atoms with Gasteiger partial charge in [0.25, 0.3) is 0 Å². The first-order valence-corrected chi connectivity index (χ1v) is 5.46. The average Bonchev–Trinajstić information content (AvgIpc) is 2.99. The summed E-state index contributed by atoms with van der Waals surface area (Å²) in [6, 6.07) is 4.63. The number of benzene rings is 1. The van der Waals surface area contributed by atoms with Crippen molar-refractivity contribution in [3.8, 4) is 5.75 Å². The Morgan fingerprint density at radius 1 is 1.33 bits per heavy atom. The average molecular weight is 207 g/mol. The van der Waals surface area contributed by atoms with Crippen LogP contribution in [0.4, 0.5) is 4.39 Å². The van der Waals surface area contributed by atoms with E-state index in [1.165, 1.54) is 25.0 Å². The van der Waals surface area contributed by atoms with Gasteiger partial charge < -0.3 is 10.5 Å². The second-order valence-corrected chi connectivity index (χ2v) is 4.52. The summed E-state index contributed by atoms with van der Waals surface area (Å²) < 4.78 is 18.8. The van der Waals surface area contributed by atoms with Gasteiger partial charge in [-0.05, 0) is 24.8 Å². The Kier molecular flexibility index (Phi) is 1.96. The fourth-order valence-corrected chi connectivity index (χ4v) is 2.26. The van der Waals surface area contributed by atoms with E-state index in [2.05, 4.69) is 0 Å². The number of hydrogen-bond acceptors (Lipinski definition) is 2. The summed E-state index contributed by atoms with van der Waals surface area (Å²) in [6.07, 6.45) is 3.52. The van der Waals surface area contributed by atoms with Gasteiger partial charge in [0.2, 0.25) is 0 Å². The summed E-state index contributed by atoms with van der Waals surface area (Å²) in [5.74, 6) is 1.04. The lowest BCUT2D eigenvalue weighted by molar-refractivity contribution is 0.137. The Hall–Kier alpha value is -1.09. The fourth-order valence-electron chi connectivity index (χ4n) is 2.26. The van der Waals surface area contributed by atoms with Crippen molar-refractivity contribution in [3.63, 3.8) is 0 Å². The van der Waals surface area contributed by atoms with E-state index in [1.807, 2.05) is 0 Å². The highest BCUT2D eigenvalue weighted by Crippen LogP contribution is 2.43. The molecule has 1 fully saturated rings. The first-order valence-electron chi connectivity index (χ1n) is 5.46. The van der Waals surface area contributed by atoms with Gasteiger partial charge in [0, 0.05) is 24.1 Å². The molecule has 0 radical (unpaired) electrons. The molecule has 0 saturated heterocycles. The van der Waals surface area contributed by atoms with Gasteiger partial charge >= 0.3 is 0 Å². The van der Waals surface area contributed by atoms with Crippen LogP contribution < -0.4 is 10.5 Å². The maximum Gasteiger partial charge on any atom is 0.127 e. The zero-order valence-corrected chi connectivity index (χ0v) is 8.45. The summed E-state index contributed by atoms with van der Waals surface area (Å²) in [4.78, 5) is 0. The maximum absolute atomic E-state index is 13.0. The second kappa shape index (κ2) is 3.20. The van der Waals surface area contributed by atoms with Crippen molar-refractivity contribution >= 4 is 0 Å². The zero-order valence-electron chi connectivity index (χ0n) is 8.45. The van der Waals surface area contributed by atoms with Gasteiger partial charge in [-0.25, -0.2) is 4.39 Å². The highest BCUT2D eigenvalue weighted by atomic mass is 19.1. The smallest absolute Gasteiger partial charge is 0.127 e. The highest BCUT2D eigenvalue weighted by Gasteiger charge is 2.37. The first kappa shape index (κ1) is 9.16. The summed E-state index contributed by atoms with van der Waals surface area (Å²) >= 11 is 0. The molecule has 1 heterocycles. The number of halogens is 1. The number of nitrogens with two attached hydrogens (primary N) is 1. The standard InChI is InChI=1S/C12H14FNO/c13-8-3-4-9-10(14)6-11(7-1-2-7)15-12(9)5-8/h3-5,7,10-11H,1-2,6,14H2/t10-,11?/m0/s1. The molecule has 80 valence electrons. The molecule has 0 spiro atoms. The van der Waals surface area contributed by atoms with E-state index in [-0.39, 0.29) is 18.0 Å². The van der Waals surface area contributed by atoms with Gasteiger partial charge in [0.15, 0.2) is 0 Å². The molecule has 1 aromatic carbocycles. The van der Waals surface area contributed by atoms with Crippen LogP contribution in [-0.2, 0) is 0 Å². The third kappa shape index (κ3) is 1.61. The normalized spacial score (nSPS) is 29.5. The largest absolute Gasteiger partial charge is 0.490 e. The monoisotopic (exact) mass is 207 g/mol. The third-order valence-corrected chi connectivity index (χ3v) is 3.29. The molecule has 3 heteroatoms. The fraction of sp³-hybridized carbons (Fsp3) is 0.500. The Balaban J connectivity index is 1.93. The van der Waals surface area contributed by atoms with Crippen molar-refractivity contribution in [2.75, 3.05) is 0 Å². The van der Waals surface area contributed by atoms with Gasteiger partial charge in [0.1, 0.15) is 17.7 Å². The van der Waals surface area contributed by atoms with E-state index >= 15 is 0 Å². The summed E-state index contributed by atoms with van der Waals surface area (Å²) in [7, 11) is 0. The maximum atomic E-state index is 13.0. The van der Waals surface area contributed by atoms with Crippen molar-refractivity contribution in [2.24, 2.45) is 11.7 Å². The Labute approximate surface area is 88.2 Å². The lowest BCUT2D eigenvalue weighted by Gasteiger charge is -2.30. The van der Waals surface area contributed by atoms with Crippen LogP contribution in [0.1, 0.15) is 30.9 Å². The molecule has 2 N–H and O–H groups in total. The Morgan fingerprint density at radius 2 is 2.13 bits per heavy atom. The molecule has 1 saturated carbocycles. The minimum atomic E-state index is -0.252. The van der Waals surface area contributed by atoms with Gasteiger partial charge in [-0.2, -0.15) is 0 Å². The Bertz CT molecular complexity index is 389. The van der Waals surface area contributed by atoms with Gasteiger partial charge in [0.05, 0.1) is 0 Å². The van der Waals surface area contributed by atoms with E-state index in [4.69, 9.17) is 10.5 Å². The molecule has 2 aliphatic rings. The van der Waals surface area contributed by atoms with E-state index in [9.17, 15) is 4.39 Å². The number of hydrogen-bond donors (Lipinski definition) is 1. The minimum absolute atomic E-state index is 0.0000463. The molecule has 1 aliphatic carbocycles. The first-order chi connectivity index (χ1) is 7.24. The van der Waals surface area contributed by atoms with E-state index in [0.29, 0.717) is 11.7 Å². The molecule has 3 rings (SSSR count). The van der Waals surface area contributed by atoms with Crippen LogP contribution in [0.2, 0.25) is 0 Å². The van der Waals surface area contributed by atoms with Gasteiger partial charge in [-0.15, -0.1) is 0 Å². The van der Waals surface area contributed by atoms with Crippen molar-refractivity contribution in [1.29, 1.82) is 0 Å². The van der Waals surface area contributed by atoms with Gasteiger partial charge in [-0.1, -0.05) is 6.07 Å². The quantitative estimate of drug-likeness (QED) is 0.767. The van der Waals surface area contributed by atoms with Crippen molar-refractivity contribution in [3.05, 3.63) is 29.6 Å². The predicted octanol–water partition coefficient (Wildman–Crippen LogP) is 2.39.